The van der Waals surface area contributed by atoms with E-state index >= 15 is 0 Å². The van der Waals surface area contributed by atoms with Crippen LogP contribution in [0, 0.1) is 0 Å². The molecule has 1 aliphatic rings. The predicted octanol–water partition coefficient (Wildman–Crippen LogP) is 14.9. The Bertz CT molecular complexity index is 4180. The fourth-order valence-corrected chi connectivity index (χ4v) is 10.4. The van der Waals surface area contributed by atoms with Crippen LogP contribution in [0.2, 0.25) is 0 Å². The van der Waals surface area contributed by atoms with Gasteiger partial charge >= 0.3 is 0 Å². The third-order valence-electron chi connectivity index (χ3n) is 13.4. The number of rotatable bonds is 4. The molecule has 0 saturated heterocycles. The molecule has 0 aliphatic carbocycles. The van der Waals surface area contributed by atoms with Crippen LogP contribution in [0.4, 0.5) is 0 Å². The van der Waals surface area contributed by atoms with Gasteiger partial charge in [-0.2, -0.15) is 0 Å². The molecule has 0 bridgehead atoms. The van der Waals surface area contributed by atoms with E-state index in [9.17, 15) is 0 Å². The van der Waals surface area contributed by atoms with E-state index in [0.717, 1.165) is 82.7 Å². The van der Waals surface area contributed by atoms with E-state index in [1.165, 1.54) is 43.1 Å². The fraction of sp³-hybridized carbons (Fsp3) is 0.0169. The van der Waals surface area contributed by atoms with Gasteiger partial charge in [0, 0.05) is 32.8 Å². The summed E-state index contributed by atoms with van der Waals surface area (Å²) in [5.74, 6) is 1.46. The van der Waals surface area contributed by atoms with Crippen molar-refractivity contribution in [1.29, 1.82) is 0 Å². The summed E-state index contributed by atoms with van der Waals surface area (Å²) in [6, 6.07) is 74.0. The first-order chi connectivity index (χ1) is 31.7. The van der Waals surface area contributed by atoms with Crippen LogP contribution in [-0.4, -0.2) is 16.2 Å². The molecule has 298 valence electrons. The van der Waals surface area contributed by atoms with Crippen molar-refractivity contribution in [2.45, 2.75) is 6.17 Å². The normalized spacial score (nSPS) is 14.4. The summed E-state index contributed by atoms with van der Waals surface area (Å²) in [6.45, 7) is 0. The highest BCUT2D eigenvalue weighted by molar-refractivity contribution is 6.26. The summed E-state index contributed by atoms with van der Waals surface area (Å²) in [7, 11) is 0. The lowest BCUT2D eigenvalue weighted by Gasteiger charge is -2.25. The molecule has 1 aliphatic heterocycles. The Morgan fingerprint density at radius 1 is 0.406 bits per heavy atom. The van der Waals surface area contributed by atoms with Gasteiger partial charge < -0.3 is 14.3 Å². The Labute approximate surface area is 366 Å². The smallest absolute Gasteiger partial charge is 0.159 e. The van der Waals surface area contributed by atoms with Crippen molar-refractivity contribution in [1.82, 2.24) is 9.88 Å². The minimum Gasteiger partial charge on any atom is -0.456 e. The molecule has 2 aromatic heterocycles. The van der Waals surface area contributed by atoms with Gasteiger partial charge in [-0.05, 0) is 102 Å². The van der Waals surface area contributed by atoms with E-state index in [1.807, 2.05) is 0 Å². The first-order valence-corrected chi connectivity index (χ1v) is 21.8. The van der Waals surface area contributed by atoms with Gasteiger partial charge in [-0.15, -0.1) is 0 Å². The second-order valence-corrected chi connectivity index (χ2v) is 16.9. The van der Waals surface area contributed by atoms with Crippen molar-refractivity contribution < 1.29 is 4.42 Å². The van der Waals surface area contributed by atoms with Gasteiger partial charge in [0.15, 0.2) is 5.84 Å². The fourth-order valence-electron chi connectivity index (χ4n) is 10.4. The Balaban J connectivity index is 1.01. The van der Waals surface area contributed by atoms with Crippen LogP contribution in [0.5, 0.6) is 0 Å². The second-order valence-electron chi connectivity index (χ2n) is 16.9. The van der Waals surface area contributed by atoms with Gasteiger partial charge in [0.1, 0.15) is 23.2 Å². The van der Waals surface area contributed by atoms with Crippen LogP contribution in [-0.2, 0) is 0 Å². The Hall–Kier alpha value is -8.54. The Kier molecular flexibility index (Phi) is 7.39. The monoisotopic (exact) mass is 816 g/mol. The third kappa shape index (κ3) is 5.25. The quantitative estimate of drug-likeness (QED) is 0.192. The Morgan fingerprint density at radius 2 is 1.03 bits per heavy atom. The summed E-state index contributed by atoms with van der Waals surface area (Å²) in [5, 5.41) is 20.2. The van der Waals surface area contributed by atoms with Crippen LogP contribution in [0.25, 0.3) is 103 Å². The van der Waals surface area contributed by atoms with E-state index in [2.05, 4.69) is 216 Å². The predicted molar refractivity (Wildman–Crippen MR) is 267 cm³/mol. The summed E-state index contributed by atoms with van der Waals surface area (Å²) in [6.07, 6.45) is -0.365. The molecule has 3 heterocycles. The number of fused-ring (bicyclic) bond motifs is 13. The lowest BCUT2D eigenvalue weighted by atomic mass is 9.99. The van der Waals surface area contributed by atoms with Gasteiger partial charge in [0.2, 0.25) is 0 Å². The molecule has 1 atom stereocenters. The first-order valence-electron chi connectivity index (χ1n) is 21.8. The molecule has 0 fully saturated rings. The SMILES string of the molecule is c1ccc2cc(C3=NC(c4cccc5ccccc45)NC(c4ccc5ccc6oc7cccc(-n8c9cc%10ccccc%10cc9c9c%10ccccc%10ccc98)c7c6c5c4)=N3)ccc2c1. The minimum atomic E-state index is -0.365. The molecular formula is C59H36N4O. The van der Waals surface area contributed by atoms with Crippen molar-refractivity contribution in [3.63, 3.8) is 0 Å². The lowest BCUT2D eigenvalue weighted by Crippen LogP contribution is -2.33. The Morgan fingerprint density at radius 3 is 1.89 bits per heavy atom. The van der Waals surface area contributed by atoms with Crippen LogP contribution in [0.1, 0.15) is 22.9 Å². The highest BCUT2D eigenvalue weighted by Gasteiger charge is 2.25. The zero-order valence-electron chi connectivity index (χ0n) is 34.5. The first kappa shape index (κ1) is 35.1. The average Bonchev–Trinajstić information content (AvgIpc) is 3.91. The van der Waals surface area contributed by atoms with E-state index in [0.29, 0.717) is 5.84 Å². The van der Waals surface area contributed by atoms with Crippen molar-refractivity contribution in [2.24, 2.45) is 9.98 Å². The van der Waals surface area contributed by atoms with Gasteiger partial charge in [0.05, 0.1) is 22.1 Å². The number of hydrogen-bond donors (Lipinski definition) is 1. The summed E-state index contributed by atoms with van der Waals surface area (Å²) >= 11 is 0. The molecule has 64 heavy (non-hydrogen) atoms. The van der Waals surface area contributed by atoms with E-state index < -0.39 is 0 Å². The standard InChI is InChI=1S/C59H36N4O/c1-2-14-39-31-42(25-23-35(39)11-1)57-60-58(62-59(61-57)46-20-9-17-36-12-5-7-18-44(36)46)43-26-24-38-28-30-53-55(47(38)33-43)56-49(21-10-22-52(56)64-53)63-50-29-27-37-13-6-8-19-45(37)54(50)48-32-40-15-3-4-16-41(40)34-51(48)63/h1-34,59H,(H,60,61,62). The van der Waals surface area contributed by atoms with Gasteiger partial charge in [-0.3, -0.25) is 0 Å². The van der Waals surface area contributed by atoms with Gasteiger partial charge in [-0.25, -0.2) is 9.98 Å². The van der Waals surface area contributed by atoms with Crippen molar-refractivity contribution in [3.8, 4) is 5.69 Å². The van der Waals surface area contributed by atoms with Crippen molar-refractivity contribution in [3.05, 3.63) is 223 Å². The summed E-state index contributed by atoms with van der Waals surface area (Å²) < 4.78 is 9.25. The van der Waals surface area contributed by atoms with Crippen molar-refractivity contribution >= 4 is 109 Å². The number of hydrogen-bond acceptors (Lipinski definition) is 4. The summed E-state index contributed by atoms with van der Waals surface area (Å²) in [4.78, 5) is 10.7. The number of furan rings is 1. The van der Waals surface area contributed by atoms with Crippen LogP contribution < -0.4 is 5.32 Å². The molecule has 0 saturated carbocycles. The average molecular weight is 817 g/mol. The number of nitrogens with one attached hydrogen (secondary N) is 1. The molecular weight excluding hydrogens is 781 g/mol. The molecule has 0 radical (unpaired) electrons. The zero-order chi connectivity index (χ0) is 41.9. The van der Waals surface area contributed by atoms with Crippen LogP contribution >= 0.6 is 0 Å². The molecule has 13 aromatic rings. The van der Waals surface area contributed by atoms with E-state index in [4.69, 9.17) is 14.4 Å². The van der Waals surface area contributed by atoms with E-state index in [-0.39, 0.29) is 6.17 Å². The zero-order valence-corrected chi connectivity index (χ0v) is 34.5. The summed E-state index contributed by atoms with van der Waals surface area (Å²) in [5.41, 5.74) is 8.13. The van der Waals surface area contributed by atoms with Crippen LogP contribution in [0.15, 0.2) is 221 Å². The van der Waals surface area contributed by atoms with Gasteiger partial charge in [0.25, 0.3) is 0 Å². The van der Waals surface area contributed by atoms with Crippen molar-refractivity contribution in [2.75, 3.05) is 0 Å². The van der Waals surface area contributed by atoms with Crippen LogP contribution in [0.3, 0.4) is 0 Å². The molecule has 5 nitrogen and oxygen atoms in total. The largest absolute Gasteiger partial charge is 0.456 e. The molecule has 0 spiro atoms. The topological polar surface area (TPSA) is 54.8 Å². The lowest BCUT2D eigenvalue weighted by molar-refractivity contribution is 0.669. The highest BCUT2D eigenvalue weighted by atomic mass is 16.3. The third-order valence-corrected chi connectivity index (χ3v) is 13.4. The molecule has 1 unspecified atom stereocenters. The number of aromatic nitrogens is 1. The molecule has 14 rings (SSSR count). The number of nitrogens with zero attached hydrogens (tertiary/aromatic N) is 3. The number of aliphatic imine (C=N–C) groups is 2. The maximum atomic E-state index is 6.80. The van der Waals surface area contributed by atoms with Gasteiger partial charge in [-0.1, -0.05) is 158 Å². The van der Waals surface area contributed by atoms with E-state index in [1.54, 1.807) is 0 Å². The minimum absolute atomic E-state index is 0.365. The maximum Gasteiger partial charge on any atom is 0.159 e. The highest BCUT2D eigenvalue weighted by Crippen LogP contribution is 2.44. The number of benzene rings is 11. The molecule has 0 amide bonds. The second kappa shape index (κ2) is 13.5. The maximum absolute atomic E-state index is 6.80. The molecule has 1 N–H and O–H groups in total. The molecule has 5 heteroatoms. The molecule has 11 aromatic carbocycles. The number of amidine groups is 2.